The van der Waals surface area contributed by atoms with Crippen molar-refractivity contribution in [1.82, 2.24) is 9.97 Å². The van der Waals surface area contributed by atoms with Gasteiger partial charge in [0, 0.05) is 11.3 Å². The van der Waals surface area contributed by atoms with Gasteiger partial charge in [-0.1, -0.05) is 6.08 Å². The van der Waals surface area contributed by atoms with E-state index < -0.39 is 0 Å². The van der Waals surface area contributed by atoms with Crippen LogP contribution < -0.4 is 11.4 Å². The topological polar surface area (TPSA) is 71.8 Å². The number of hydrogen-bond donors (Lipinski definition) is 2. The van der Waals surface area contributed by atoms with Crippen molar-refractivity contribution in [3.8, 4) is 0 Å². The van der Waals surface area contributed by atoms with E-state index in [4.69, 9.17) is 5.73 Å². The van der Waals surface area contributed by atoms with Gasteiger partial charge < -0.3 is 10.7 Å². The lowest BCUT2D eigenvalue weighted by atomic mass is 10.0. The number of allylic oxidation sites excluding steroid dienone is 1. The molecule has 0 atom stereocenters. The minimum Gasteiger partial charge on any atom is -0.383 e. The molecule has 0 amide bonds. The summed E-state index contributed by atoms with van der Waals surface area (Å²) in [6.07, 6.45) is 5.71. The van der Waals surface area contributed by atoms with Crippen molar-refractivity contribution in [2.45, 2.75) is 12.8 Å². The van der Waals surface area contributed by atoms with Crippen LogP contribution in [0.15, 0.2) is 10.9 Å². The van der Waals surface area contributed by atoms with Crippen LogP contribution in [0.4, 0.5) is 5.82 Å². The van der Waals surface area contributed by atoms with Gasteiger partial charge in [-0.15, -0.1) is 0 Å². The molecule has 4 nitrogen and oxygen atoms in total. The molecule has 62 valence electrons. The minimum atomic E-state index is -0.377. The van der Waals surface area contributed by atoms with E-state index in [-0.39, 0.29) is 5.69 Å². The molecule has 1 aromatic heterocycles. The molecule has 1 heterocycles. The van der Waals surface area contributed by atoms with Crippen LogP contribution in [0.25, 0.3) is 6.08 Å². The molecule has 0 unspecified atom stereocenters. The smallest absolute Gasteiger partial charge is 0.347 e. The SMILES string of the molecule is Nc1nc(=O)[nH]c2c1CCC=C2. The fourth-order valence-corrected chi connectivity index (χ4v) is 1.37. The molecular weight excluding hydrogens is 154 g/mol. The summed E-state index contributed by atoms with van der Waals surface area (Å²) in [7, 11) is 0. The second-order valence-electron chi connectivity index (χ2n) is 2.76. The molecule has 4 heteroatoms. The van der Waals surface area contributed by atoms with Crippen molar-refractivity contribution in [3.63, 3.8) is 0 Å². The Kier molecular flexibility index (Phi) is 1.46. The Morgan fingerprint density at radius 1 is 1.58 bits per heavy atom. The molecule has 1 aliphatic rings. The first-order chi connectivity index (χ1) is 5.77. The zero-order valence-electron chi connectivity index (χ0n) is 6.50. The van der Waals surface area contributed by atoms with Gasteiger partial charge in [0.25, 0.3) is 0 Å². The molecule has 0 aromatic carbocycles. The van der Waals surface area contributed by atoms with Crippen LogP contribution in [0.1, 0.15) is 17.7 Å². The van der Waals surface area contributed by atoms with Crippen molar-refractivity contribution in [1.29, 1.82) is 0 Å². The molecule has 0 saturated carbocycles. The Morgan fingerprint density at radius 3 is 3.25 bits per heavy atom. The molecule has 0 saturated heterocycles. The molecule has 1 aromatic rings. The summed E-state index contributed by atoms with van der Waals surface area (Å²) in [6, 6.07) is 0. The van der Waals surface area contributed by atoms with E-state index in [0.717, 1.165) is 24.1 Å². The van der Waals surface area contributed by atoms with E-state index in [2.05, 4.69) is 9.97 Å². The summed E-state index contributed by atoms with van der Waals surface area (Å²) < 4.78 is 0. The Hall–Kier alpha value is -1.58. The molecule has 2 rings (SSSR count). The summed E-state index contributed by atoms with van der Waals surface area (Å²) in [5.74, 6) is 0.359. The monoisotopic (exact) mass is 163 g/mol. The van der Waals surface area contributed by atoms with Crippen molar-refractivity contribution in [2.75, 3.05) is 5.73 Å². The predicted octanol–water partition coefficient (Wildman–Crippen LogP) is 0.311. The van der Waals surface area contributed by atoms with Crippen LogP contribution in [-0.4, -0.2) is 9.97 Å². The van der Waals surface area contributed by atoms with Crippen LogP contribution in [-0.2, 0) is 6.42 Å². The third-order valence-corrected chi connectivity index (χ3v) is 1.94. The lowest BCUT2D eigenvalue weighted by Crippen LogP contribution is -2.17. The fourth-order valence-electron chi connectivity index (χ4n) is 1.37. The van der Waals surface area contributed by atoms with Crippen molar-refractivity contribution < 1.29 is 0 Å². The van der Waals surface area contributed by atoms with Crippen LogP contribution in [0.3, 0.4) is 0 Å². The lowest BCUT2D eigenvalue weighted by Gasteiger charge is -2.10. The highest BCUT2D eigenvalue weighted by Crippen LogP contribution is 2.18. The summed E-state index contributed by atoms with van der Waals surface area (Å²) >= 11 is 0. The van der Waals surface area contributed by atoms with E-state index in [9.17, 15) is 4.79 Å². The van der Waals surface area contributed by atoms with Crippen LogP contribution >= 0.6 is 0 Å². The zero-order valence-corrected chi connectivity index (χ0v) is 6.50. The number of fused-ring (bicyclic) bond motifs is 1. The first-order valence-corrected chi connectivity index (χ1v) is 3.82. The first-order valence-electron chi connectivity index (χ1n) is 3.82. The van der Waals surface area contributed by atoms with E-state index in [1.165, 1.54) is 0 Å². The van der Waals surface area contributed by atoms with Gasteiger partial charge in [0.1, 0.15) is 5.82 Å². The van der Waals surface area contributed by atoms with Gasteiger partial charge in [0.15, 0.2) is 0 Å². The van der Waals surface area contributed by atoms with Gasteiger partial charge >= 0.3 is 5.69 Å². The highest BCUT2D eigenvalue weighted by Gasteiger charge is 2.09. The second-order valence-corrected chi connectivity index (χ2v) is 2.76. The molecule has 1 aliphatic carbocycles. The summed E-state index contributed by atoms with van der Waals surface area (Å²) in [4.78, 5) is 17.1. The number of H-pyrrole nitrogens is 1. The lowest BCUT2D eigenvalue weighted by molar-refractivity contribution is 0.927. The number of rotatable bonds is 0. The quantitative estimate of drug-likeness (QED) is 0.578. The number of anilines is 1. The van der Waals surface area contributed by atoms with Crippen molar-refractivity contribution in [2.24, 2.45) is 0 Å². The molecular formula is C8H9N3O. The second kappa shape index (κ2) is 2.48. The number of hydrogen-bond acceptors (Lipinski definition) is 3. The van der Waals surface area contributed by atoms with Gasteiger partial charge in [0.2, 0.25) is 0 Å². The Balaban J connectivity index is 2.70. The largest absolute Gasteiger partial charge is 0.383 e. The maximum absolute atomic E-state index is 10.9. The Labute approximate surface area is 69.1 Å². The average molecular weight is 163 g/mol. The maximum atomic E-state index is 10.9. The standard InChI is InChI=1S/C8H9N3O/c9-7-5-3-1-2-4-6(5)10-8(12)11-7/h2,4H,1,3H2,(H3,9,10,11,12). The number of nitrogens with two attached hydrogens (primary N) is 1. The van der Waals surface area contributed by atoms with Crippen LogP contribution in [0.5, 0.6) is 0 Å². The number of aromatic amines is 1. The van der Waals surface area contributed by atoms with Gasteiger partial charge in [-0.05, 0) is 18.9 Å². The average Bonchev–Trinajstić information content (AvgIpc) is 2.04. The number of nitrogens with one attached hydrogen (secondary N) is 1. The number of nitrogen functional groups attached to an aromatic ring is 1. The van der Waals surface area contributed by atoms with Gasteiger partial charge in [-0.2, -0.15) is 4.98 Å². The van der Waals surface area contributed by atoms with Gasteiger partial charge in [0.05, 0.1) is 0 Å². The van der Waals surface area contributed by atoms with E-state index in [1.807, 2.05) is 12.2 Å². The van der Waals surface area contributed by atoms with Crippen LogP contribution in [0, 0.1) is 0 Å². The Bertz CT molecular complexity index is 392. The maximum Gasteiger partial charge on any atom is 0.347 e. The molecule has 0 spiro atoms. The van der Waals surface area contributed by atoms with Gasteiger partial charge in [-0.3, -0.25) is 0 Å². The third kappa shape index (κ3) is 1.01. The Morgan fingerprint density at radius 2 is 2.42 bits per heavy atom. The van der Waals surface area contributed by atoms with Crippen LogP contribution in [0.2, 0.25) is 0 Å². The molecule has 0 fully saturated rings. The van der Waals surface area contributed by atoms with Gasteiger partial charge in [-0.25, -0.2) is 4.79 Å². The van der Waals surface area contributed by atoms with Crippen molar-refractivity contribution in [3.05, 3.63) is 27.8 Å². The van der Waals surface area contributed by atoms with E-state index in [0.29, 0.717) is 5.82 Å². The minimum absolute atomic E-state index is 0.359. The zero-order chi connectivity index (χ0) is 8.55. The van der Waals surface area contributed by atoms with Crippen molar-refractivity contribution >= 4 is 11.9 Å². The number of nitrogens with zero attached hydrogens (tertiary/aromatic N) is 1. The summed E-state index contributed by atoms with van der Waals surface area (Å²) in [5, 5.41) is 0. The normalized spacial score (nSPS) is 14.3. The predicted molar refractivity (Wildman–Crippen MR) is 46.6 cm³/mol. The highest BCUT2D eigenvalue weighted by molar-refractivity contribution is 5.58. The third-order valence-electron chi connectivity index (χ3n) is 1.94. The molecule has 0 radical (unpaired) electrons. The molecule has 0 bridgehead atoms. The molecule has 3 N–H and O–H groups in total. The fraction of sp³-hybridized carbons (Fsp3) is 0.250. The molecule has 0 aliphatic heterocycles. The van der Waals surface area contributed by atoms with E-state index in [1.54, 1.807) is 0 Å². The summed E-state index contributed by atoms with van der Waals surface area (Å²) in [5.41, 5.74) is 6.96. The molecule has 12 heavy (non-hydrogen) atoms. The summed E-state index contributed by atoms with van der Waals surface area (Å²) in [6.45, 7) is 0. The number of aromatic nitrogens is 2. The highest BCUT2D eigenvalue weighted by atomic mass is 16.1. The first kappa shape index (κ1) is 7.09. The van der Waals surface area contributed by atoms with E-state index >= 15 is 0 Å².